The predicted molar refractivity (Wildman–Crippen MR) is 209 cm³/mol. The third-order valence-electron chi connectivity index (χ3n) is 7.63. The number of carbonyl (C=O) groups is 2. The normalized spacial score (nSPS) is 10.2. The van der Waals surface area contributed by atoms with Gasteiger partial charge in [-0.2, -0.15) is 0 Å². The summed E-state index contributed by atoms with van der Waals surface area (Å²) >= 11 is 3.60. The van der Waals surface area contributed by atoms with Crippen molar-refractivity contribution in [2.75, 3.05) is 25.2 Å². The van der Waals surface area contributed by atoms with Gasteiger partial charge in [0.2, 0.25) is 0 Å². The van der Waals surface area contributed by atoms with E-state index in [-0.39, 0.29) is 6.61 Å². The zero-order valence-corrected chi connectivity index (χ0v) is 31.0. The molecule has 51 heavy (non-hydrogen) atoms. The molecule has 4 aromatic carbocycles. The molecule has 0 radical (unpaired) electrons. The molecule has 7 heteroatoms. The van der Waals surface area contributed by atoms with Crippen molar-refractivity contribution in [1.82, 2.24) is 0 Å². The van der Waals surface area contributed by atoms with E-state index >= 15 is 0 Å². The van der Waals surface area contributed by atoms with Crippen molar-refractivity contribution in [3.63, 3.8) is 0 Å². The number of ether oxygens (including phenoxy) is 3. The highest BCUT2D eigenvalue weighted by atomic mass is 32.2. The number of rotatable bonds is 17. The molecule has 0 bridgehead atoms. The molecule has 4 aromatic rings. The predicted octanol–water partition coefficient (Wildman–Crippen LogP) is 10.1. The average molecular weight is 717 g/mol. The third-order valence-corrected chi connectivity index (χ3v) is 9.83. The summed E-state index contributed by atoms with van der Waals surface area (Å²) in [6.07, 6.45) is 8.40. The maximum Gasteiger partial charge on any atom is 0.341 e. The van der Waals surface area contributed by atoms with E-state index in [1.807, 2.05) is 78.5 Å². The Morgan fingerprint density at radius 2 is 1.22 bits per heavy atom. The zero-order valence-electron chi connectivity index (χ0n) is 29.4. The first kappa shape index (κ1) is 39.0. The van der Waals surface area contributed by atoms with Gasteiger partial charge in [-0.3, -0.25) is 0 Å². The van der Waals surface area contributed by atoms with Gasteiger partial charge in [-0.1, -0.05) is 75.0 Å². The summed E-state index contributed by atoms with van der Waals surface area (Å²) in [4.78, 5) is 26.1. The van der Waals surface area contributed by atoms with Crippen LogP contribution < -0.4 is 4.74 Å². The fraction of sp³-hybridized carbons (Fsp3) is 0.273. The largest absolute Gasteiger partial charge is 0.488 e. The molecule has 4 rings (SSSR count). The Hall–Kier alpha value is -4.82. The lowest BCUT2D eigenvalue weighted by Gasteiger charge is -2.11. The molecule has 0 aliphatic rings. The Kier molecular flexibility index (Phi) is 16.9. The summed E-state index contributed by atoms with van der Waals surface area (Å²) in [6.45, 7) is 6.30. The van der Waals surface area contributed by atoms with E-state index in [1.54, 1.807) is 23.9 Å². The van der Waals surface area contributed by atoms with Gasteiger partial charge in [-0.05, 0) is 103 Å². The number of esters is 2. The Balaban J connectivity index is 1.28. The molecule has 0 aliphatic carbocycles. The van der Waals surface area contributed by atoms with Gasteiger partial charge in [-0.25, -0.2) is 9.59 Å². The molecule has 0 saturated heterocycles. The van der Waals surface area contributed by atoms with E-state index in [2.05, 4.69) is 49.3 Å². The zero-order chi connectivity index (χ0) is 36.1. The van der Waals surface area contributed by atoms with Gasteiger partial charge < -0.3 is 14.2 Å². The topological polar surface area (TPSA) is 61.8 Å². The second-order valence-electron chi connectivity index (χ2n) is 11.6. The number of carbonyl (C=O) groups excluding carboxylic acids is 2. The highest BCUT2D eigenvalue weighted by molar-refractivity contribution is 7.99. The standard InChI is InChI=1S/C44H44O5S2/c1-4-6-7-8-9-30-50-39-24-21-36(22-25-39)13-16-37-23-28-42(41(32-37)44(46)47-3)49-33-38-17-14-34(15-18-38)11-12-35-19-26-40(27-20-35)51-31-10-29-48-43(45)5-2/h5,14-15,17-28,32H,2,4,6-10,29-31,33H2,1,3H3. The SMILES string of the molecule is C=CC(=O)OCCCSc1ccc(C#Cc2ccc(COc3ccc(C#Cc4ccc(SCCCCCCC)cc4)cc3C(=O)OC)cc2)cc1. The monoisotopic (exact) mass is 716 g/mol. The minimum atomic E-state index is -0.478. The fourth-order valence-electron chi connectivity index (χ4n) is 4.78. The van der Waals surface area contributed by atoms with E-state index < -0.39 is 11.9 Å². The molecule has 0 heterocycles. The number of thioether (sulfide) groups is 2. The Bertz CT molecular complexity index is 1840. The lowest BCUT2D eigenvalue weighted by Crippen LogP contribution is -2.06. The van der Waals surface area contributed by atoms with Gasteiger partial charge in [0.25, 0.3) is 0 Å². The first-order valence-corrected chi connectivity index (χ1v) is 19.2. The molecule has 0 amide bonds. The van der Waals surface area contributed by atoms with Crippen molar-refractivity contribution in [2.45, 2.75) is 61.8 Å². The Morgan fingerprint density at radius 3 is 1.78 bits per heavy atom. The lowest BCUT2D eigenvalue weighted by molar-refractivity contribution is -0.137. The molecule has 0 spiro atoms. The molecular weight excluding hydrogens is 673 g/mol. The van der Waals surface area contributed by atoms with Crippen molar-refractivity contribution in [3.05, 3.63) is 137 Å². The van der Waals surface area contributed by atoms with Gasteiger partial charge in [0.05, 0.1) is 13.7 Å². The molecule has 0 aromatic heterocycles. The molecular formula is C44H44O5S2. The number of hydrogen-bond acceptors (Lipinski definition) is 7. The van der Waals surface area contributed by atoms with Crippen LogP contribution in [-0.4, -0.2) is 37.2 Å². The van der Waals surface area contributed by atoms with Crippen LogP contribution in [0.2, 0.25) is 0 Å². The summed E-state index contributed by atoms with van der Waals surface area (Å²) in [5.74, 6) is 14.3. The van der Waals surface area contributed by atoms with E-state index in [9.17, 15) is 9.59 Å². The van der Waals surface area contributed by atoms with E-state index in [0.717, 1.165) is 45.1 Å². The first-order chi connectivity index (χ1) is 25.0. The minimum Gasteiger partial charge on any atom is -0.488 e. The summed E-state index contributed by atoms with van der Waals surface area (Å²) in [5.41, 5.74) is 4.70. The summed E-state index contributed by atoms with van der Waals surface area (Å²) in [7, 11) is 1.36. The van der Waals surface area contributed by atoms with Gasteiger partial charge in [0, 0.05) is 43.9 Å². The van der Waals surface area contributed by atoms with Crippen LogP contribution in [0, 0.1) is 23.7 Å². The number of unbranched alkanes of at least 4 members (excludes halogenated alkanes) is 4. The highest BCUT2D eigenvalue weighted by Crippen LogP contribution is 2.24. The summed E-state index contributed by atoms with van der Waals surface area (Å²) in [5, 5.41) is 0. The molecule has 0 unspecified atom stereocenters. The van der Waals surface area contributed by atoms with E-state index in [4.69, 9.17) is 14.2 Å². The van der Waals surface area contributed by atoms with Crippen LogP contribution in [-0.2, 0) is 20.9 Å². The van der Waals surface area contributed by atoms with Crippen LogP contribution in [0.15, 0.2) is 113 Å². The van der Waals surface area contributed by atoms with E-state index in [0.29, 0.717) is 23.5 Å². The van der Waals surface area contributed by atoms with Crippen molar-refractivity contribution >= 4 is 35.5 Å². The summed E-state index contributed by atoms with van der Waals surface area (Å²) in [6, 6.07) is 29.6. The fourth-order valence-corrected chi connectivity index (χ4v) is 6.52. The van der Waals surface area contributed by atoms with Crippen molar-refractivity contribution in [3.8, 4) is 29.4 Å². The quantitative estimate of drug-likeness (QED) is 0.0354. The summed E-state index contributed by atoms with van der Waals surface area (Å²) < 4.78 is 16.1. The average Bonchev–Trinajstić information content (AvgIpc) is 3.17. The second kappa shape index (κ2) is 22.1. The smallest absolute Gasteiger partial charge is 0.341 e. The maximum absolute atomic E-state index is 12.6. The maximum atomic E-state index is 12.6. The lowest BCUT2D eigenvalue weighted by atomic mass is 10.1. The second-order valence-corrected chi connectivity index (χ2v) is 13.9. The number of methoxy groups -OCH3 is 1. The van der Waals surface area contributed by atoms with Crippen LogP contribution in [0.25, 0.3) is 0 Å². The van der Waals surface area contributed by atoms with Crippen molar-refractivity contribution in [2.24, 2.45) is 0 Å². The molecule has 0 saturated carbocycles. The highest BCUT2D eigenvalue weighted by Gasteiger charge is 2.14. The van der Waals surface area contributed by atoms with Crippen molar-refractivity contribution < 1.29 is 23.8 Å². The van der Waals surface area contributed by atoms with Gasteiger partial charge in [-0.15, -0.1) is 23.5 Å². The molecule has 0 atom stereocenters. The van der Waals surface area contributed by atoms with Gasteiger partial charge >= 0.3 is 11.9 Å². The van der Waals surface area contributed by atoms with Crippen molar-refractivity contribution in [1.29, 1.82) is 0 Å². The molecule has 0 N–H and O–H groups in total. The van der Waals surface area contributed by atoms with Crippen LogP contribution in [0.3, 0.4) is 0 Å². The Morgan fingerprint density at radius 1 is 0.686 bits per heavy atom. The van der Waals surface area contributed by atoms with Gasteiger partial charge in [0.15, 0.2) is 0 Å². The van der Waals surface area contributed by atoms with E-state index in [1.165, 1.54) is 50.2 Å². The Labute approximate surface area is 311 Å². The molecule has 0 aliphatic heterocycles. The van der Waals surface area contributed by atoms with Crippen LogP contribution in [0.4, 0.5) is 0 Å². The molecule has 0 fully saturated rings. The number of hydrogen-bond donors (Lipinski definition) is 0. The third kappa shape index (κ3) is 14.1. The molecule has 5 nitrogen and oxygen atoms in total. The number of benzene rings is 4. The first-order valence-electron chi connectivity index (χ1n) is 17.2. The molecule has 262 valence electrons. The van der Waals surface area contributed by atoms with Crippen LogP contribution >= 0.6 is 23.5 Å². The van der Waals surface area contributed by atoms with Crippen LogP contribution in [0.5, 0.6) is 5.75 Å². The van der Waals surface area contributed by atoms with Crippen LogP contribution in [0.1, 0.15) is 83.6 Å². The minimum absolute atomic E-state index is 0.279. The van der Waals surface area contributed by atoms with Gasteiger partial charge in [0.1, 0.15) is 17.9 Å².